The van der Waals surface area contributed by atoms with Gasteiger partial charge < -0.3 is 20.3 Å². The Bertz CT molecular complexity index is 284. The molecule has 5 heteroatoms. The second kappa shape index (κ2) is 7.22. The van der Waals surface area contributed by atoms with Crippen molar-refractivity contribution in [2.45, 2.75) is 37.7 Å². The lowest BCUT2D eigenvalue weighted by Gasteiger charge is -2.35. The third kappa shape index (κ3) is 3.91. The molecule has 2 aliphatic heterocycles. The maximum atomic E-state index is 12.3. The lowest BCUT2D eigenvalue weighted by molar-refractivity contribution is -0.146. The average molecular weight is 269 g/mol. The van der Waals surface area contributed by atoms with E-state index in [1.54, 1.807) is 7.11 Å². The first kappa shape index (κ1) is 14.8. The minimum atomic E-state index is -0.604. The lowest BCUT2D eigenvalue weighted by Crippen LogP contribution is -2.55. The Balaban J connectivity index is 1.73. The summed E-state index contributed by atoms with van der Waals surface area (Å²) in [5.41, 5.74) is -0.604. The molecule has 0 aliphatic carbocycles. The molecule has 1 amide bonds. The van der Waals surface area contributed by atoms with Crippen LogP contribution in [0, 0.1) is 0 Å². The number of methoxy groups -OCH3 is 1. The summed E-state index contributed by atoms with van der Waals surface area (Å²) in [7, 11) is 1.65. The normalized spacial score (nSPS) is 24.1. The summed E-state index contributed by atoms with van der Waals surface area (Å²) in [4.78, 5) is 14.7. The van der Waals surface area contributed by atoms with Crippen LogP contribution in [0.15, 0.2) is 0 Å². The van der Waals surface area contributed by atoms with E-state index in [0.717, 1.165) is 39.0 Å². The SMILES string of the molecule is COC1(C(=O)NCCN2CCCCC2)CCNCC1. The van der Waals surface area contributed by atoms with Crippen molar-refractivity contribution in [2.75, 3.05) is 46.4 Å². The zero-order valence-corrected chi connectivity index (χ0v) is 12.0. The van der Waals surface area contributed by atoms with Crippen molar-refractivity contribution in [3.05, 3.63) is 0 Å². The first-order chi connectivity index (χ1) is 9.27. The summed E-state index contributed by atoms with van der Waals surface area (Å²) in [6, 6.07) is 0. The molecule has 2 heterocycles. The predicted octanol–water partition coefficient (Wildman–Crippen LogP) is 0.357. The Hall–Kier alpha value is -0.650. The second-order valence-electron chi connectivity index (χ2n) is 5.61. The molecule has 2 saturated heterocycles. The van der Waals surface area contributed by atoms with Crippen molar-refractivity contribution in [3.8, 4) is 0 Å². The molecular formula is C14H27N3O2. The average Bonchev–Trinajstić information content (AvgIpc) is 2.49. The standard InChI is InChI=1S/C14H27N3O2/c1-19-14(5-7-15-8-6-14)13(18)16-9-12-17-10-3-2-4-11-17/h15H,2-12H2,1H3,(H,16,18). The van der Waals surface area contributed by atoms with E-state index < -0.39 is 5.60 Å². The van der Waals surface area contributed by atoms with Crippen LogP contribution in [0.1, 0.15) is 32.1 Å². The molecule has 0 atom stereocenters. The lowest BCUT2D eigenvalue weighted by atomic mass is 9.91. The molecular weight excluding hydrogens is 242 g/mol. The van der Waals surface area contributed by atoms with Crippen molar-refractivity contribution in [1.29, 1.82) is 0 Å². The number of ether oxygens (including phenoxy) is 1. The Morgan fingerprint density at radius 1 is 1.26 bits per heavy atom. The van der Waals surface area contributed by atoms with Gasteiger partial charge >= 0.3 is 0 Å². The summed E-state index contributed by atoms with van der Waals surface area (Å²) in [5, 5.41) is 6.33. The number of carbonyl (C=O) groups is 1. The van der Waals surface area contributed by atoms with Gasteiger partial charge in [0, 0.05) is 20.2 Å². The number of carbonyl (C=O) groups excluding carboxylic acids is 1. The Kier molecular flexibility index (Phi) is 5.60. The van der Waals surface area contributed by atoms with Gasteiger partial charge in [0.15, 0.2) is 0 Å². The highest BCUT2D eigenvalue weighted by Gasteiger charge is 2.39. The first-order valence-corrected chi connectivity index (χ1v) is 7.53. The van der Waals surface area contributed by atoms with Gasteiger partial charge in [0.2, 0.25) is 0 Å². The van der Waals surface area contributed by atoms with Gasteiger partial charge in [0.25, 0.3) is 5.91 Å². The molecule has 0 bridgehead atoms. The van der Waals surface area contributed by atoms with E-state index in [2.05, 4.69) is 15.5 Å². The fourth-order valence-corrected chi connectivity index (χ4v) is 3.03. The van der Waals surface area contributed by atoms with E-state index in [1.807, 2.05) is 0 Å². The third-order valence-electron chi connectivity index (χ3n) is 4.38. The van der Waals surface area contributed by atoms with Gasteiger partial charge in [0.05, 0.1) is 0 Å². The van der Waals surface area contributed by atoms with Crippen LogP contribution in [0.3, 0.4) is 0 Å². The van der Waals surface area contributed by atoms with Crippen LogP contribution in [-0.2, 0) is 9.53 Å². The van der Waals surface area contributed by atoms with E-state index in [-0.39, 0.29) is 5.91 Å². The largest absolute Gasteiger partial charge is 0.368 e. The number of likely N-dealkylation sites (tertiary alicyclic amines) is 1. The van der Waals surface area contributed by atoms with Crippen molar-refractivity contribution in [3.63, 3.8) is 0 Å². The Morgan fingerprint density at radius 2 is 1.95 bits per heavy atom. The maximum Gasteiger partial charge on any atom is 0.252 e. The van der Waals surface area contributed by atoms with Crippen LogP contribution < -0.4 is 10.6 Å². The highest BCUT2D eigenvalue weighted by Crippen LogP contribution is 2.22. The van der Waals surface area contributed by atoms with Gasteiger partial charge in [-0.3, -0.25) is 4.79 Å². The number of nitrogens with zero attached hydrogens (tertiary/aromatic N) is 1. The summed E-state index contributed by atoms with van der Waals surface area (Å²) >= 11 is 0. The number of amides is 1. The zero-order valence-electron chi connectivity index (χ0n) is 12.0. The van der Waals surface area contributed by atoms with E-state index >= 15 is 0 Å². The molecule has 0 radical (unpaired) electrons. The molecule has 2 aliphatic rings. The summed E-state index contributed by atoms with van der Waals surface area (Å²) in [6.07, 6.45) is 5.46. The topological polar surface area (TPSA) is 53.6 Å². The van der Waals surface area contributed by atoms with Gasteiger partial charge in [0.1, 0.15) is 5.60 Å². The summed E-state index contributed by atoms with van der Waals surface area (Å²) in [6.45, 7) is 5.76. The smallest absolute Gasteiger partial charge is 0.252 e. The summed E-state index contributed by atoms with van der Waals surface area (Å²) in [5.74, 6) is 0.0634. The zero-order chi connectivity index (χ0) is 13.6. The van der Waals surface area contributed by atoms with Crippen LogP contribution >= 0.6 is 0 Å². The second-order valence-corrected chi connectivity index (χ2v) is 5.61. The van der Waals surface area contributed by atoms with E-state index in [0.29, 0.717) is 0 Å². The quantitative estimate of drug-likeness (QED) is 0.756. The van der Waals surface area contributed by atoms with Gasteiger partial charge in [-0.15, -0.1) is 0 Å². The first-order valence-electron chi connectivity index (χ1n) is 7.53. The Morgan fingerprint density at radius 3 is 2.58 bits per heavy atom. The fourth-order valence-electron chi connectivity index (χ4n) is 3.03. The van der Waals surface area contributed by atoms with Gasteiger partial charge in [-0.05, 0) is 51.9 Å². The molecule has 19 heavy (non-hydrogen) atoms. The number of rotatable bonds is 5. The highest BCUT2D eigenvalue weighted by molar-refractivity contribution is 5.85. The number of hydrogen-bond acceptors (Lipinski definition) is 4. The van der Waals surface area contributed by atoms with Gasteiger partial charge in [-0.25, -0.2) is 0 Å². The molecule has 110 valence electrons. The molecule has 2 rings (SSSR count). The number of piperidine rings is 2. The minimum absolute atomic E-state index is 0.0634. The van der Waals surface area contributed by atoms with Crippen LogP contribution in [0.25, 0.3) is 0 Å². The van der Waals surface area contributed by atoms with Crippen molar-refractivity contribution in [1.82, 2.24) is 15.5 Å². The molecule has 0 aromatic rings. The van der Waals surface area contributed by atoms with E-state index in [4.69, 9.17) is 4.74 Å². The molecule has 0 aromatic heterocycles. The van der Waals surface area contributed by atoms with Gasteiger partial charge in [-0.1, -0.05) is 6.42 Å². The predicted molar refractivity (Wildman–Crippen MR) is 75.1 cm³/mol. The maximum absolute atomic E-state index is 12.3. The minimum Gasteiger partial charge on any atom is -0.368 e. The molecule has 2 fully saturated rings. The van der Waals surface area contributed by atoms with E-state index in [9.17, 15) is 4.79 Å². The number of hydrogen-bond donors (Lipinski definition) is 2. The molecule has 2 N–H and O–H groups in total. The van der Waals surface area contributed by atoms with E-state index in [1.165, 1.54) is 32.4 Å². The van der Waals surface area contributed by atoms with Crippen LogP contribution in [0.2, 0.25) is 0 Å². The van der Waals surface area contributed by atoms with Crippen LogP contribution in [0.5, 0.6) is 0 Å². The molecule has 5 nitrogen and oxygen atoms in total. The summed E-state index contributed by atoms with van der Waals surface area (Å²) < 4.78 is 5.52. The monoisotopic (exact) mass is 269 g/mol. The number of nitrogens with one attached hydrogen (secondary N) is 2. The molecule has 0 saturated carbocycles. The van der Waals surface area contributed by atoms with Crippen LogP contribution in [-0.4, -0.2) is 62.8 Å². The fraction of sp³-hybridized carbons (Fsp3) is 0.929. The molecule has 0 aromatic carbocycles. The highest BCUT2D eigenvalue weighted by atomic mass is 16.5. The van der Waals surface area contributed by atoms with Crippen molar-refractivity contribution in [2.24, 2.45) is 0 Å². The molecule has 0 spiro atoms. The third-order valence-corrected chi connectivity index (χ3v) is 4.38. The van der Waals surface area contributed by atoms with Crippen molar-refractivity contribution < 1.29 is 9.53 Å². The van der Waals surface area contributed by atoms with Gasteiger partial charge in [-0.2, -0.15) is 0 Å². The van der Waals surface area contributed by atoms with Crippen molar-refractivity contribution >= 4 is 5.91 Å². The molecule has 0 unspecified atom stereocenters. The van der Waals surface area contributed by atoms with Crippen LogP contribution in [0.4, 0.5) is 0 Å². The Labute approximate surface area is 116 Å².